The lowest BCUT2D eigenvalue weighted by atomic mass is 10.2. The number of hydrogen-bond donors (Lipinski definition) is 1. The van der Waals surface area contributed by atoms with Crippen LogP contribution in [0.3, 0.4) is 0 Å². The van der Waals surface area contributed by atoms with Gasteiger partial charge in [0, 0.05) is 17.4 Å². The molecule has 3 aromatic rings. The van der Waals surface area contributed by atoms with Gasteiger partial charge in [0.2, 0.25) is 5.91 Å². The van der Waals surface area contributed by atoms with Crippen molar-refractivity contribution >= 4 is 35.1 Å². The van der Waals surface area contributed by atoms with Gasteiger partial charge in [-0.15, -0.1) is 11.8 Å². The molecule has 0 radical (unpaired) electrons. The highest BCUT2D eigenvalue weighted by Gasteiger charge is 2.30. The Bertz CT molecular complexity index is 1230. The van der Waals surface area contributed by atoms with E-state index < -0.39 is 17.6 Å². The highest BCUT2D eigenvalue weighted by Crippen LogP contribution is 2.34. The Hall–Kier alpha value is -2.72. The van der Waals surface area contributed by atoms with Crippen LogP contribution in [0.2, 0.25) is 0 Å². The van der Waals surface area contributed by atoms with Crippen LogP contribution >= 0.6 is 23.5 Å². The first kappa shape index (κ1) is 23.4. The quantitative estimate of drug-likeness (QED) is 0.385. The molecule has 1 N–H and O–H groups in total. The minimum Gasteiger partial charge on any atom is -0.325 e. The number of nitrogens with one attached hydrogen (secondary N) is 1. The number of fused-ring (bicyclic) bond motifs is 1. The van der Waals surface area contributed by atoms with Gasteiger partial charge in [-0.2, -0.15) is 13.2 Å². The third-order valence-electron chi connectivity index (χ3n) is 4.95. The number of anilines is 1. The molecule has 0 saturated heterocycles. The van der Waals surface area contributed by atoms with Crippen LogP contribution in [0.4, 0.5) is 18.9 Å². The lowest BCUT2D eigenvalue weighted by Crippen LogP contribution is -2.26. The molecular formula is C23H20F3N3O2S2. The van der Waals surface area contributed by atoms with Crippen molar-refractivity contribution in [3.8, 4) is 0 Å². The number of benzene rings is 2. The van der Waals surface area contributed by atoms with Gasteiger partial charge in [0.25, 0.3) is 5.56 Å². The Morgan fingerprint density at radius 1 is 1.21 bits per heavy atom. The molecule has 33 heavy (non-hydrogen) atoms. The topological polar surface area (TPSA) is 64.0 Å². The van der Waals surface area contributed by atoms with Crippen molar-refractivity contribution in [1.29, 1.82) is 0 Å². The molecule has 4 rings (SSSR count). The molecule has 10 heteroatoms. The van der Waals surface area contributed by atoms with Gasteiger partial charge >= 0.3 is 6.18 Å². The average molecular weight is 492 g/mol. The molecule has 1 amide bonds. The molecule has 2 aromatic carbocycles. The van der Waals surface area contributed by atoms with Crippen LogP contribution in [0.1, 0.15) is 23.7 Å². The minimum atomic E-state index is -4.49. The van der Waals surface area contributed by atoms with Crippen molar-refractivity contribution in [2.75, 3.05) is 11.1 Å². The molecule has 1 aliphatic rings. The molecule has 1 atom stereocenters. The summed E-state index contributed by atoms with van der Waals surface area (Å²) < 4.78 is 40.3. The fourth-order valence-electron chi connectivity index (χ4n) is 3.45. The first-order chi connectivity index (χ1) is 15.7. The van der Waals surface area contributed by atoms with Crippen molar-refractivity contribution in [1.82, 2.24) is 9.55 Å². The van der Waals surface area contributed by atoms with E-state index in [0.29, 0.717) is 23.0 Å². The summed E-state index contributed by atoms with van der Waals surface area (Å²) in [5, 5.41) is 3.15. The Labute approximate surface area is 196 Å². The van der Waals surface area contributed by atoms with Crippen LogP contribution in [0.25, 0.3) is 0 Å². The summed E-state index contributed by atoms with van der Waals surface area (Å²) in [5.74, 6) is -0.582. The second-order valence-electron chi connectivity index (χ2n) is 7.60. The van der Waals surface area contributed by atoms with E-state index >= 15 is 0 Å². The van der Waals surface area contributed by atoms with E-state index in [-0.39, 0.29) is 22.2 Å². The molecule has 1 aliphatic heterocycles. The number of carbonyl (C=O) groups excluding carboxylic acids is 1. The van der Waals surface area contributed by atoms with Crippen molar-refractivity contribution in [2.45, 2.75) is 41.4 Å². The molecule has 2 heterocycles. The highest BCUT2D eigenvalue weighted by atomic mass is 32.2. The standard InChI is InChI=1S/C23H20F3N3O2S2/c1-14-10-18-20(33-14)21(31)29(12-15-6-3-2-4-7-15)22(28-18)32-13-19(30)27-17-9-5-8-16(11-17)23(24,25)26/h2-9,11,14H,10,12-13H2,1H3,(H,27,30)/t14-/m0/s1. The van der Waals surface area contributed by atoms with Gasteiger partial charge in [0.05, 0.1) is 28.5 Å². The molecule has 0 aliphatic carbocycles. The summed E-state index contributed by atoms with van der Waals surface area (Å²) in [7, 11) is 0. The Morgan fingerprint density at radius 3 is 2.70 bits per heavy atom. The van der Waals surface area contributed by atoms with Gasteiger partial charge in [0.1, 0.15) is 0 Å². The maximum atomic E-state index is 13.2. The maximum absolute atomic E-state index is 13.2. The Morgan fingerprint density at radius 2 is 1.97 bits per heavy atom. The lowest BCUT2D eigenvalue weighted by Gasteiger charge is -2.14. The van der Waals surface area contributed by atoms with E-state index in [0.717, 1.165) is 35.2 Å². The summed E-state index contributed by atoms with van der Waals surface area (Å²) in [6.07, 6.45) is -3.82. The number of hydrogen-bond acceptors (Lipinski definition) is 5. The molecule has 0 spiro atoms. The zero-order valence-corrected chi connectivity index (χ0v) is 19.2. The van der Waals surface area contributed by atoms with E-state index in [2.05, 4.69) is 10.3 Å². The Balaban J connectivity index is 1.54. The molecule has 1 aromatic heterocycles. The second-order valence-corrected chi connectivity index (χ2v) is 9.99. The minimum absolute atomic E-state index is 0.0595. The van der Waals surface area contributed by atoms with E-state index in [1.807, 2.05) is 37.3 Å². The fourth-order valence-corrected chi connectivity index (χ4v) is 5.38. The summed E-state index contributed by atoms with van der Waals surface area (Å²) >= 11 is 2.60. The third kappa shape index (κ3) is 5.62. The Kier molecular flexibility index (Phi) is 6.85. The summed E-state index contributed by atoms with van der Waals surface area (Å²) in [4.78, 5) is 30.9. The van der Waals surface area contributed by atoms with Gasteiger partial charge in [-0.1, -0.05) is 55.1 Å². The average Bonchev–Trinajstić information content (AvgIpc) is 3.15. The van der Waals surface area contributed by atoms with Crippen molar-refractivity contribution in [2.24, 2.45) is 0 Å². The van der Waals surface area contributed by atoms with Crippen molar-refractivity contribution in [3.05, 3.63) is 81.8 Å². The number of halogens is 3. The molecule has 0 bridgehead atoms. The monoisotopic (exact) mass is 491 g/mol. The van der Waals surface area contributed by atoms with Crippen LogP contribution in [0.5, 0.6) is 0 Å². The number of rotatable bonds is 6. The number of alkyl halides is 3. The number of carbonyl (C=O) groups is 1. The number of amides is 1. The van der Waals surface area contributed by atoms with E-state index in [9.17, 15) is 22.8 Å². The van der Waals surface area contributed by atoms with Gasteiger partial charge in [-0.25, -0.2) is 4.98 Å². The zero-order chi connectivity index (χ0) is 23.6. The van der Waals surface area contributed by atoms with Crippen LogP contribution < -0.4 is 10.9 Å². The first-order valence-corrected chi connectivity index (χ1v) is 12.0. The van der Waals surface area contributed by atoms with Gasteiger partial charge in [-0.3, -0.25) is 14.2 Å². The molecule has 0 unspecified atom stereocenters. The van der Waals surface area contributed by atoms with Crippen LogP contribution in [0.15, 0.2) is 69.4 Å². The normalized spacial score (nSPS) is 15.3. The predicted octanol–water partition coefficient (Wildman–Crippen LogP) is 5.08. The summed E-state index contributed by atoms with van der Waals surface area (Å²) in [6.45, 7) is 2.34. The summed E-state index contributed by atoms with van der Waals surface area (Å²) in [5.41, 5.74) is 0.732. The number of nitrogens with zero attached hydrogens (tertiary/aromatic N) is 2. The smallest absolute Gasteiger partial charge is 0.325 e. The number of aromatic nitrogens is 2. The molecular weight excluding hydrogens is 471 g/mol. The van der Waals surface area contributed by atoms with E-state index in [1.165, 1.54) is 23.9 Å². The molecule has 172 valence electrons. The maximum Gasteiger partial charge on any atom is 0.416 e. The van der Waals surface area contributed by atoms with E-state index in [1.54, 1.807) is 4.57 Å². The van der Waals surface area contributed by atoms with E-state index in [4.69, 9.17) is 0 Å². The van der Waals surface area contributed by atoms with Gasteiger partial charge < -0.3 is 5.32 Å². The van der Waals surface area contributed by atoms with Crippen molar-refractivity contribution in [3.63, 3.8) is 0 Å². The highest BCUT2D eigenvalue weighted by molar-refractivity contribution is 8.00. The fraction of sp³-hybridized carbons (Fsp3) is 0.261. The SMILES string of the molecule is C[C@H]1Cc2nc(SCC(=O)Nc3cccc(C(F)(F)F)c3)n(Cc3ccccc3)c(=O)c2S1. The number of thioether (sulfide) groups is 2. The summed E-state index contributed by atoms with van der Waals surface area (Å²) in [6, 6.07) is 13.9. The predicted molar refractivity (Wildman–Crippen MR) is 124 cm³/mol. The first-order valence-electron chi connectivity index (χ1n) is 10.1. The van der Waals surface area contributed by atoms with Crippen LogP contribution in [-0.2, 0) is 23.9 Å². The second kappa shape index (κ2) is 9.64. The van der Waals surface area contributed by atoms with Crippen LogP contribution in [0, 0.1) is 0 Å². The van der Waals surface area contributed by atoms with Gasteiger partial charge in [-0.05, 0) is 23.8 Å². The molecule has 0 fully saturated rings. The zero-order valence-electron chi connectivity index (χ0n) is 17.6. The van der Waals surface area contributed by atoms with Crippen LogP contribution in [-0.4, -0.2) is 26.5 Å². The lowest BCUT2D eigenvalue weighted by molar-refractivity contribution is -0.137. The van der Waals surface area contributed by atoms with Crippen molar-refractivity contribution < 1.29 is 18.0 Å². The third-order valence-corrected chi connectivity index (χ3v) is 7.14. The van der Waals surface area contributed by atoms with Gasteiger partial charge in [0.15, 0.2) is 5.16 Å². The molecule has 5 nitrogen and oxygen atoms in total. The molecule has 0 saturated carbocycles. The largest absolute Gasteiger partial charge is 0.416 e.